The maximum absolute atomic E-state index is 14.7. The number of amides is 3. The molecule has 3 aromatic carbocycles. The van der Waals surface area contributed by atoms with Gasteiger partial charge in [-0.25, -0.2) is 4.39 Å². The first-order valence-electron chi connectivity index (χ1n) is 15.2. The normalized spacial score (nSPS) is 20.2. The Balaban J connectivity index is 1.25. The van der Waals surface area contributed by atoms with Crippen molar-refractivity contribution < 1.29 is 37.8 Å². The quantitative estimate of drug-likeness (QED) is 0.451. The van der Waals surface area contributed by atoms with Crippen LogP contribution in [0.4, 0.5) is 4.39 Å². The monoisotopic (exact) mass is 627 g/mol. The maximum Gasteiger partial charge on any atom is 0.258 e. The number of halogens is 1. The molecule has 2 atom stereocenters. The summed E-state index contributed by atoms with van der Waals surface area (Å²) in [4.78, 5) is 54.1. The van der Waals surface area contributed by atoms with Crippen molar-refractivity contribution >= 4 is 29.1 Å². The van der Waals surface area contributed by atoms with Crippen molar-refractivity contribution in [3.8, 4) is 17.2 Å². The maximum atomic E-state index is 14.7. The lowest BCUT2D eigenvalue weighted by Gasteiger charge is -2.39. The van der Waals surface area contributed by atoms with E-state index < -0.39 is 36.4 Å². The Bertz CT molecular complexity index is 1710. The number of methoxy groups -OCH3 is 1. The third-order valence-corrected chi connectivity index (χ3v) is 8.46. The molecule has 2 aliphatic heterocycles. The lowest BCUT2D eigenvalue weighted by molar-refractivity contribution is -0.135. The number of ketones is 1. The molecule has 0 unspecified atom stereocenters. The summed E-state index contributed by atoms with van der Waals surface area (Å²) in [5.41, 5.74) is 3.11. The van der Waals surface area contributed by atoms with Crippen LogP contribution in [0.15, 0.2) is 72.3 Å². The lowest BCUT2D eigenvalue weighted by atomic mass is 9.97. The van der Waals surface area contributed by atoms with Gasteiger partial charge in [-0.3, -0.25) is 19.2 Å². The minimum absolute atomic E-state index is 0.0295. The number of carbonyl (C=O) groups excluding carboxylic acids is 4. The molecule has 2 heterocycles. The van der Waals surface area contributed by atoms with E-state index in [9.17, 15) is 23.6 Å². The van der Waals surface area contributed by atoms with Gasteiger partial charge in [0, 0.05) is 49.7 Å². The molecule has 3 amide bonds. The van der Waals surface area contributed by atoms with Crippen molar-refractivity contribution in [1.29, 1.82) is 0 Å². The molecule has 0 radical (unpaired) electrons. The van der Waals surface area contributed by atoms with E-state index in [1.165, 1.54) is 25.3 Å². The summed E-state index contributed by atoms with van der Waals surface area (Å²) >= 11 is 0. The Morgan fingerprint density at radius 2 is 1.85 bits per heavy atom. The highest BCUT2D eigenvalue weighted by atomic mass is 19.1. The highest BCUT2D eigenvalue weighted by Gasteiger charge is 2.36. The highest BCUT2D eigenvalue weighted by molar-refractivity contribution is 6.10. The zero-order valence-electron chi connectivity index (χ0n) is 25.3. The second-order valence-corrected chi connectivity index (χ2v) is 11.5. The fourth-order valence-electron chi connectivity index (χ4n) is 6.14. The number of ether oxygens (including phenoxy) is 3. The molecular weight excluding hydrogens is 593 g/mol. The van der Waals surface area contributed by atoms with Crippen LogP contribution in [0.1, 0.15) is 47.2 Å². The third kappa shape index (κ3) is 6.88. The fourth-order valence-corrected chi connectivity index (χ4v) is 6.14. The number of rotatable bonds is 4. The van der Waals surface area contributed by atoms with Gasteiger partial charge >= 0.3 is 0 Å². The smallest absolute Gasteiger partial charge is 0.258 e. The van der Waals surface area contributed by atoms with Gasteiger partial charge in [0.1, 0.15) is 17.7 Å². The molecule has 238 valence electrons. The first-order valence-corrected chi connectivity index (χ1v) is 15.2. The number of allylic oxidation sites excluding steroid dienone is 1. The van der Waals surface area contributed by atoms with E-state index in [-0.39, 0.29) is 48.3 Å². The van der Waals surface area contributed by atoms with E-state index in [0.717, 1.165) is 11.1 Å². The largest absolute Gasteiger partial charge is 0.493 e. The minimum atomic E-state index is -0.664. The highest BCUT2D eigenvalue weighted by Crippen LogP contribution is 2.34. The van der Waals surface area contributed by atoms with Gasteiger partial charge in [0.25, 0.3) is 11.8 Å². The number of piperidine rings is 1. The number of carbonyl (C=O) groups is 4. The molecule has 1 aliphatic carbocycles. The van der Waals surface area contributed by atoms with Crippen molar-refractivity contribution in [3.63, 3.8) is 0 Å². The zero-order valence-corrected chi connectivity index (χ0v) is 25.3. The van der Waals surface area contributed by atoms with Crippen LogP contribution >= 0.6 is 0 Å². The van der Waals surface area contributed by atoms with Gasteiger partial charge < -0.3 is 29.7 Å². The first kappa shape index (κ1) is 30.8. The number of Topliss-reactive ketones (excluding diaryl/α,β-unsaturated/α-hetero) is 1. The molecule has 3 aromatic rings. The average Bonchev–Trinajstić information content (AvgIpc) is 3.42. The van der Waals surface area contributed by atoms with Crippen LogP contribution in [-0.2, 0) is 20.9 Å². The molecule has 6 rings (SSSR count). The number of benzene rings is 3. The van der Waals surface area contributed by atoms with E-state index >= 15 is 0 Å². The van der Waals surface area contributed by atoms with E-state index in [2.05, 4.69) is 10.6 Å². The van der Waals surface area contributed by atoms with Crippen LogP contribution in [0.2, 0.25) is 0 Å². The van der Waals surface area contributed by atoms with Crippen LogP contribution < -0.4 is 24.8 Å². The number of hydrogen-bond donors (Lipinski definition) is 2. The van der Waals surface area contributed by atoms with Crippen molar-refractivity contribution in [2.75, 3.05) is 26.8 Å². The molecule has 46 heavy (non-hydrogen) atoms. The van der Waals surface area contributed by atoms with Crippen molar-refractivity contribution in [2.45, 2.75) is 44.4 Å². The Labute approximate surface area is 265 Å². The van der Waals surface area contributed by atoms with E-state index in [1.807, 2.05) is 30.3 Å². The van der Waals surface area contributed by atoms with Gasteiger partial charge in [0.2, 0.25) is 5.91 Å². The summed E-state index contributed by atoms with van der Waals surface area (Å²) in [7, 11) is 1.45. The van der Waals surface area contributed by atoms with Crippen LogP contribution in [0, 0.1) is 5.82 Å². The van der Waals surface area contributed by atoms with Crippen molar-refractivity contribution in [1.82, 2.24) is 15.5 Å². The van der Waals surface area contributed by atoms with Gasteiger partial charge in [-0.1, -0.05) is 30.3 Å². The van der Waals surface area contributed by atoms with Crippen LogP contribution in [0.3, 0.4) is 0 Å². The van der Waals surface area contributed by atoms with Gasteiger partial charge in [0.15, 0.2) is 23.9 Å². The molecular formula is C35H34FN3O7. The number of nitrogens with one attached hydrogen (secondary N) is 2. The summed E-state index contributed by atoms with van der Waals surface area (Å²) < 4.78 is 32.0. The zero-order chi connectivity index (χ0) is 32.2. The Hall–Kier alpha value is -5.19. The lowest BCUT2D eigenvalue weighted by Crippen LogP contribution is -2.58. The Kier molecular flexibility index (Phi) is 9.00. The average molecular weight is 628 g/mol. The number of likely N-dealkylation sites (tertiary alicyclic amines) is 1. The molecule has 2 N–H and O–H groups in total. The second kappa shape index (κ2) is 13.4. The minimum Gasteiger partial charge on any atom is -0.493 e. The van der Waals surface area contributed by atoms with Crippen molar-refractivity contribution in [2.24, 2.45) is 0 Å². The summed E-state index contributed by atoms with van der Waals surface area (Å²) in [6.07, 6.45) is 0.666. The topological polar surface area (TPSA) is 123 Å². The van der Waals surface area contributed by atoms with Gasteiger partial charge in [-0.2, -0.15) is 0 Å². The SMILES string of the molecule is COc1ccc2cc1OCC(=O)N[C@@H]1CN(C(=O)CC3=C(c4ccccc4)CCC3=O)CC[C@@H]1Oc1cc(F)cc(c1)CNC2=O. The van der Waals surface area contributed by atoms with E-state index in [4.69, 9.17) is 14.2 Å². The predicted octanol–water partition coefficient (Wildman–Crippen LogP) is 3.83. The first-order chi connectivity index (χ1) is 22.3. The Morgan fingerprint density at radius 3 is 2.65 bits per heavy atom. The van der Waals surface area contributed by atoms with Crippen LogP contribution in [-0.4, -0.2) is 67.4 Å². The molecule has 10 nitrogen and oxygen atoms in total. The molecule has 1 saturated heterocycles. The summed E-state index contributed by atoms with van der Waals surface area (Å²) in [5, 5.41) is 5.69. The van der Waals surface area contributed by atoms with E-state index in [0.29, 0.717) is 42.7 Å². The molecule has 11 heteroatoms. The summed E-state index contributed by atoms with van der Waals surface area (Å²) in [5.74, 6) is -0.935. The molecule has 0 saturated carbocycles. The predicted molar refractivity (Wildman–Crippen MR) is 166 cm³/mol. The van der Waals surface area contributed by atoms with Crippen molar-refractivity contribution in [3.05, 3.63) is 94.8 Å². The van der Waals surface area contributed by atoms with Gasteiger partial charge in [-0.05, 0) is 53.5 Å². The van der Waals surface area contributed by atoms with Crippen LogP contribution in [0.25, 0.3) is 5.57 Å². The number of fused-ring (bicyclic) bond motifs is 5. The fraction of sp³-hybridized carbons (Fsp3) is 0.314. The number of nitrogens with zero attached hydrogens (tertiary/aromatic N) is 1. The molecule has 1 fully saturated rings. The third-order valence-electron chi connectivity index (χ3n) is 8.46. The second-order valence-electron chi connectivity index (χ2n) is 11.5. The standard InChI is InChI=1S/C35H34FN3O7/c1-44-31-10-7-23-15-32(31)45-20-33(41)38-28-19-39(34(42)17-27-26(8-9-29(27)40)22-5-3-2-4-6-22)12-11-30(28)46-25-14-21(13-24(36)16-25)18-37-35(23)43/h2-7,10,13-16,28,30H,8-9,11-12,17-20H2,1H3,(H,37,43)(H,38,41)/t28-,30+/m1/s1. The molecule has 0 spiro atoms. The molecule has 4 bridgehead atoms. The van der Waals surface area contributed by atoms with Gasteiger partial charge in [-0.15, -0.1) is 0 Å². The van der Waals surface area contributed by atoms with Crippen LogP contribution in [0.5, 0.6) is 17.2 Å². The van der Waals surface area contributed by atoms with E-state index in [1.54, 1.807) is 23.1 Å². The number of hydrogen-bond acceptors (Lipinski definition) is 7. The Morgan fingerprint density at radius 1 is 1.02 bits per heavy atom. The summed E-state index contributed by atoms with van der Waals surface area (Å²) in [6, 6.07) is 17.7. The summed E-state index contributed by atoms with van der Waals surface area (Å²) in [6.45, 7) is 0.0809. The van der Waals surface area contributed by atoms with Gasteiger partial charge in [0.05, 0.1) is 19.6 Å². The molecule has 3 aliphatic rings. The molecule has 0 aromatic heterocycles.